The maximum absolute atomic E-state index is 8.19. The number of rotatable bonds is 8. The van der Waals surface area contributed by atoms with Crippen molar-refractivity contribution in [2.75, 3.05) is 52.6 Å². The molecule has 0 atom stereocenters. The van der Waals surface area contributed by atoms with Crippen molar-refractivity contribution in [2.24, 2.45) is 11.5 Å². The molecule has 0 aliphatic carbocycles. The second-order valence-electron chi connectivity index (χ2n) is 2.39. The molecular weight excluding hydrogens is 186 g/mol. The maximum atomic E-state index is 8.19. The van der Waals surface area contributed by atoms with Gasteiger partial charge in [0.2, 0.25) is 0 Å². The second kappa shape index (κ2) is 18.5. The molecule has 0 aliphatic rings. The van der Waals surface area contributed by atoms with E-state index in [9.17, 15) is 0 Å². The molecule has 6 heteroatoms. The van der Waals surface area contributed by atoms with Crippen molar-refractivity contribution in [2.45, 2.75) is 0 Å². The van der Waals surface area contributed by atoms with Gasteiger partial charge < -0.3 is 31.7 Å². The standard InChI is InChI=1S/C4H12N2O.C4H11NO2/c5-1-2-6-3-4-7;5-1-3-7-4-2-6/h6-7H,1-5H2;6H,1-5H2. The lowest BCUT2D eigenvalue weighted by atomic mass is 10.6. The molecule has 0 bridgehead atoms. The summed E-state index contributed by atoms with van der Waals surface area (Å²) in [5, 5.41) is 19.2. The van der Waals surface area contributed by atoms with Crippen LogP contribution < -0.4 is 16.8 Å². The summed E-state index contributed by atoms with van der Waals surface area (Å²) in [6.07, 6.45) is 0. The number of aliphatic hydroxyl groups excluding tert-OH is 2. The monoisotopic (exact) mass is 209 g/mol. The average Bonchev–Trinajstić information content (AvgIpc) is 2.21. The van der Waals surface area contributed by atoms with E-state index >= 15 is 0 Å². The SMILES string of the molecule is NCCNCCO.NCCOCCO. The summed E-state index contributed by atoms with van der Waals surface area (Å²) in [6, 6.07) is 0. The van der Waals surface area contributed by atoms with Crippen LogP contribution in [-0.4, -0.2) is 62.8 Å². The molecule has 0 aromatic heterocycles. The van der Waals surface area contributed by atoms with Gasteiger partial charge in [0, 0.05) is 26.2 Å². The minimum Gasteiger partial charge on any atom is -0.395 e. The highest BCUT2D eigenvalue weighted by molar-refractivity contribution is 4.42. The first-order valence-corrected chi connectivity index (χ1v) is 4.73. The lowest BCUT2D eigenvalue weighted by Crippen LogP contribution is -2.24. The fraction of sp³-hybridized carbons (Fsp3) is 1.00. The van der Waals surface area contributed by atoms with Crippen LogP contribution in [0.5, 0.6) is 0 Å². The van der Waals surface area contributed by atoms with Crippen LogP contribution in [0.25, 0.3) is 0 Å². The van der Waals surface area contributed by atoms with Crippen molar-refractivity contribution < 1.29 is 14.9 Å². The molecule has 0 amide bonds. The molecule has 6 nitrogen and oxygen atoms in total. The number of hydrogen-bond acceptors (Lipinski definition) is 6. The van der Waals surface area contributed by atoms with Gasteiger partial charge in [-0.3, -0.25) is 0 Å². The highest BCUT2D eigenvalue weighted by Gasteiger charge is 1.79. The molecule has 0 radical (unpaired) electrons. The van der Waals surface area contributed by atoms with E-state index in [-0.39, 0.29) is 13.2 Å². The Morgan fingerprint density at radius 1 is 0.929 bits per heavy atom. The van der Waals surface area contributed by atoms with E-state index in [0.717, 1.165) is 6.54 Å². The van der Waals surface area contributed by atoms with E-state index in [1.807, 2.05) is 0 Å². The van der Waals surface area contributed by atoms with Gasteiger partial charge in [-0.2, -0.15) is 0 Å². The van der Waals surface area contributed by atoms with Crippen molar-refractivity contribution in [1.29, 1.82) is 0 Å². The molecule has 0 saturated heterocycles. The molecule has 14 heavy (non-hydrogen) atoms. The van der Waals surface area contributed by atoms with Crippen LogP contribution in [-0.2, 0) is 4.74 Å². The predicted octanol–water partition coefficient (Wildman–Crippen LogP) is -2.52. The maximum Gasteiger partial charge on any atom is 0.0698 e. The number of nitrogens with two attached hydrogens (primary N) is 2. The van der Waals surface area contributed by atoms with Gasteiger partial charge in [-0.15, -0.1) is 0 Å². The first-order chi connectivity index (χ1) is 6.83. The van der Waals surface area contributed by atoms with Crippen LogP contribution in [0.2, 0.25) is 0 Å². The van der Waals surface area contributed by atoms with Crippen molar-refractivity contribution in [1.82, 2.24) is 5.32 Å². The Balaban J connectivity index is 0. The van der Waals surface area contributed by atoms with Gasteiger partial charge >= 0.3 is 0 Å². The number of nitrogens with one attached hydrogen (secondary N) is 1. The molecule has 0 unspecified atom stereocenters. The van der Waals surface area contributed by atoms with Crippen LogP contribution in [0.3, 0.4) is 0 Å². The zero-order valence-electron chi connectivity index (χ0n) is 8.61. The number of hydrogen-bond donors (Lipinski definition) is 5. The fourth-order valence-corrected chi connectivity index (χ4v) is 0.556. The number of aliphatic hydroxyl groups is 2. The molecule has 88 valence electrons. The zero-order valence-corrected chi connectivity index (χ0v) is 8.61. The van der Waals surface area contributed by atoms with Gasteiger partial charge in [-0.1, -0.05) is 0 Å². The van der Waals surface area contributed by atoms with Gasteiger partial charge in [0.05, 0.1) is 26.4 Å². The van der Waals surface area contributed by atoms with E-state index in [4.69, 9.17) is 26.4 Å². The van der Waals surface area contributed by atoms with Crippen molar-refractivity contribution in [3.63, 3.8) is 0 Å². The minimum atomic E-state index is 0.0833. The molecule has 7 N–H and O–H groups in total. The van der Waals surface area contributed by atoms with E-state index < -0.39 is 0 Å². The first-order valence-electron chi connectivity index (χ1n) is 4.73. The van der Waals surface area contributed by atoms with Gasteiger partial charge in [0.1, 0.15) is 0 Å². The van der Waals surface area contributed by atoms with Crippen LogP contribution >= 0.6 is 0 Å². The summed E-state index contributed by atoms with van der Waals surface area (Å²) in [5.74, 6) is 0. The molecule has 0 aromatic rings. The first kappa shape index (κ1) is 16.2. The van der Waals surface area contributed by atoms with E-state index in [1.54, 1.807) is 0 Å². The molecule has 0 saturated carbocycles. The third kappa shape index (κ3) is 22.6. The Hall–Kier alpha value is -0.240. The predicted molar refractivity (Wildman–Crippen MR) is 56.0 cm³/mol. The van der Waals surface area contributed by atoms with Gasteiger partial charge in [0.15, 0.2) is 0 Å². The van der Waals surface area contributed by atoms with Crippen molar-refractivity contribution in [3.05, 3.63) is 0 Å². The third-order valence-corrected chi connectivity index (χ3v) is 1.11. The smallest absolute Gasteiger partial charge is 0.0698 e. The largest absolute Gasteiger partial charge is 0.395 e. The molecule has 0 rings (SSSR count). The zero-order chi connectivity index (χ0) is 11.1. The Bertz CT molecular complexity index is 68.2. The summed E-state index contributed by atoms with van der Waals surface area (Å²) >= 11 is 0. The molecular formula is C8H23N3O3. The minimum absolute atomic E-state index is 0.0833. The van der Waals surface area contributed by atoms with Gasteiger partial charge in [0.25, 0.3) is 0 Å². The lowest BCUT2D eigenvalue weighted by molar-refractivity contribution is 0.0976. The summed E-state index contributed by atoms with van der Waals surface area (Å²) in [6.45, 7) is 3.83. The van der Waals surface area contributed by atoms with E-state index in [2.05, 4.69) is 5.32 Å². The van der Waals surface area contributed by atoms with Crippen LogP contribution in [0.4, 0.5) is 0 Å². The summed E-state index contributed by atoms with van der Waals surface area (Å²) in [4.78, 5) is 0. The highest BCUT2D eigenvalue weighted by Crippen LogP contribution is 1.66. The van der Waals surface area contributed by atoms with Crippen molar-refractivity contribution in [3.8, 4) is 0 Å². The third-order valence-electron chi connectivity index (χ3n) is 1.11. The highest BCUT2D eigenvalue weighted by atomic mass is 16.5. The quantitative estimate of drug-likeness (QED) is 0.282. The Labute approximate surface area is 85.2 Å². The Kier molecular flexibility index (Phi) is 21.4. The van der Waals surface area contributed by atoms with E-state index in [0.29, 0.717) is 32.8 Å². The molecule has 0 aromatic carbocycles. The topological polar surface area (TPSA) is 114 Å². The summed E-state index contributed by atoms with van der Waals surface area (Å²) in [7, 11) is 0. The van der Waals surface area contributed by atoms with Gasteiger partial charge in [-0.05, 0) is 0 Å². The summed E-state index contributed by atoms with van der Waals surface area (Å²) in [5.41, 5.74) is 10.2. The Morgan fingerprint density at radius 3 is 2.07 bits per heavy atom. The Morgan fingerprint density at radius 2 is 1.64 bits per heavy atom. The molecule has 0 aliphatic heterocycles. The molecule has 0 heterocycles. The fourth-order valence-electron chi connectivity index (χ4n) is 0.556. The average molecular weight is 209 g/mol. The van der Waals surface area contributed by atoms with E-state index in [1.165, 1.54) is 0 Å². The normalized spacial score (nSPS) is 9.43. The number of ether oxygens (including phenoxy) is 1. The molecule has 0 fully saturated rings. The molecule has 0 spiro atoms. The van der Waals surface area contributed by atoms with Gasteiger partial charge in [-0.25, -0.2) is 0 Å². The van der Waals surface area contributed by atoms with Crippen LogP contribution in [0, 0.1) is 0 Å². The van der Waals surface area contributed by atoms with Crippen molar-refractivity contribution >= 4 is 0 Å². The van der Waals surface area contributed by atoms with Crippen LogP contribution in [0.1, 0.15) is 0 Å². The second-order valence-corrected chi connectivity index (χ2v) is 2.39. The summed E-state index contributed by atoms with van der Waals surface area (Å²) < 4.78 is 4.76. The lowest BCUT2D eigenvalue weighted by Gasteiger charge is -1.95. The van der Waals surface area contributed by atoms with Crippen LogP contribution in [0.15, 0.2) is 0 Å².